The molecule has 2 heterocycles. The van der Waals surface area contributed by atoms with Crippen LogP contribution in [0.1, 0.15) is 26.7 Å². The van der Waals surface area contributed by atoms with Gasteiger partial charge in [-0.1, -0.05) is 13.8 Å². The summed E-state index contributed by atoms with van der Waals surface area (Å²) in [7, 11) is 0. The Bertz CT molecular complexity index is 336. The summed E-state index contributed by atoms with van der Waals surface area (Å²) in [6.07, 6.45) is 1.58. The third kappa shape index (κ3) is 3.93. The van der Waals surface area contributed by atoms with Crippen molar-refractivity contribution in [3.63, 3.8) is 0 Å². The van der Waals surface area contributed by atoms with Crippen LogP contribution in [-0.4, -0.2) is 60.9 Å². The number of hydrogen-bond donors (Lipinski definition) is 1. The molecule has 2 amide bonds. The highest BCUT2D eigenvalue weighted by molar-refractivity contribution is 5.89. The van der Waals surface area contributed by atoms with E-state index in [4.69, 9.17) is 0 Å². The minimum absolute atomic E-state index is 0.00826. The molecular formula is C14H25N3O2. The Morgan fingerprint density at radius 1 is 1.32 bits per heavy atom. The van der Waals surface area contributed by atoms with E-state index < -0.39 is 0 Å². The van der Waals surface area contributed by atoms with Gasteiger partial charge in [0.1, 0.15) is 0 Å². The van der Waals surface area contributed by atoms with Gasteiger partial charge in [-0.05, 0) is 18.9 Å². The second kappa shape index (κ2) is 6.37. The lowest BCUT2D eigenvalue weighted by Gasteiger charge is -2.36. The van der Waals surface area contributed by atoms with Gasteiger partial charge in [0.15, 0.2) is 0 Å². The fraction of sp³-hybridized carbons (Fsp3) is 0.857. The van der Waals surface area contributed by atoms with Crippen molar-refractivity contribution in [2.75, 3.05) is 39.3 Å². The van der Waals surface area contributed by atoms with E-state index in [1.807, 2.05) is 4.90 Å². The quantitative estimate of drug-likeness (QED) is 0.798. The number of rotatable bonds is 4. The van der Waals surface area contributed by atoms with Gasteiger partial charge in [0.2, 0.25) is 11.8 Å². The average molecular weight is 267 g/mol. The van der Waals surface area contributed by atoms with Crippen molar-refractivity contribution in [2.24, 2.45) is 11.8 Å². The number of hydrogen-bond acceptors (Lipinski definition) is 3. The first kappa shape index (κ1) is 14.3. The van der Waals surface area contributed by atoms with Gasteiger partial charge in [0, 0.05) is 39.1 Å². The Morgan fingerprint density at radius 3 is 2.53 bits per heavy atom. The molecular weight excluding hydrogens is 242 g/mol. The molecule has 108 valence electrons. The van der Waals surface area contributed by atoms with Crippen LogP contribution >= 0.6 is 0 Å². The van der Waals surface area contributed by atoms with Crippen LogP contribution in [0.4, 0.5) is 0 Å². The van der Waals surface area contributed by atoms with Crippen LogP contribution in [0.5, 0.6) is 0 Å². The zero-order chi connectivity index (χ0) is 13.8. The van der Waals surface area contributed by atoms with E-state index in [2.05, 4.69) is 24.1 Å². The molecule has 0 bridgehead atoms. The minimum Gasteiger partial charge on any atom is -0.355 e. The van der Waals surface area contributed by atoms with Crippen LogP contribution < -0.4 is 5.32 Å². The summed E-state index contributed by atoms with van der Waals surface area (Å²) in [5, 5.41) is 2.73. The summed E-state index contributed by atoms with van der Waals surface area (Å²) >= 11 is 0. The fourth-order valence-electron chi connectivity index (χ4n) is 2.67. The Labute approximate surface area is 115 Å². The number of carbonyl (C=O) groups is 2. The fourth-order valence-corrected chi connectivity index (χ4v) is 2.67. The Kier molecular flexibility index (Phi) is 4.80. The molecule has 2 fully saturated rings. The molecule has 0 aromatic heterocycles. The van der Waals surface area contributed by atoms with E-state index in [1.54, 1.807) is 0 Å². The van der Waals surface area contributed by atoms with Gasteiger partial charge in [-0.25, -0.2) is 0 Å². The lowest BCUT2D eigenvalue weighted by molar-refractivity contribution is -0.137. The summed E-state index contributed by atoms with van der Waals surface area (Å²) in [5.41, 5.74) is 0. The van der Waals surface area contributed by atoms with Crippen molar-refractivity contribution in [1.82, 2.24) is 15.1 Å². The van der Waals surface area contributed by atoms with Crippen molar-refractivity contribution >= 4 is 11.8 Å². The summed E-state index contributed by atoms with van der Waals surface area (Å²) in [6.45, 7) is 9.67. The first-order valence-electron chi connectivity index (χ1n) is 7.34. The number of carbonyl (C=O) groups excluding carboxylic acids is 2. The third-order valence-corrected chi connectivity index (χ3v) is 4.03. The van der Waals surface area contributed by atoms with Crippen molar-refractivity contribution < 1.29 is 9.59 Å². The molecule has 5 heteroatoms. The highest BCUT2D eigenvalue weighted by Gasteiger charge is 2.32. The lowest BCUT2D eigenvalue weighted by atomic mass is 10.1. The molecule has 0 aromatic rings. The van der Waals surface area contributed by atoms with Crippen LogP contribution in [0, 0.1) is 11.8 Å². The molecule has 2 aliphatic rings. The van der Waals surface area contributed by atoms with Crippen molar-refractivity contribution in [1.29, 1.82) is 0 Å². The normalized spacial score (nSPS) is 24.9. The standard InChI is InChI=1S/C14H25N3O2/c1-11(2)3-4-16-5-7-17(8-6-16)14(19)12-9-13(18)15-10-12/h11-12H,3-10H2,1-2H3,(H,15,18). The molecule has 0 aromatic carbocycles. The van der Waals surface area contributed by atoms with E-state index in [0.717, 1.165) is 38.6 Å². The van der Waals surface area contributed by atoms with Gasteiger partial charge in [-0.2, -0.15) is 0 Å². The first-order valence-corrected chi connectivity index (χ1v) is 7.34. The average Bonchev–Trinajstić information content (AvgIpc) is 2.83. The molecule has 2 rings (SSSR count). The van der Waals surface area contributed by atoms with Crippen molar-refractivity contribution in [3.05, 3.63) is 0 Å². The smallest absolute Gasteiger partial charge is 0.228 e. The van der Waals surface area contributed by atoms with Crippen molar-refractivity contribution in [3.8, 4) is 0 Å². The van der Waals surface area contributed by atoms with Gasteiger partial charge < -0.3 is 10.2 Å². The molecule has 19 heavy (non-hydrogen) atoms. The van der Waals surface area contributed by atoms with Crippen LogP contribution in [0.2, 0.25) is 0 Å². The molecule has 2 aliphatic heterocycles. The molecule has 0 saturated carbocycles. The first-order chi connectivity index (χ1) is 9.06. The summed E-state index contributed by atoms with van der Waals surface area (Å²) in [4.78, 5) is 27.7. The molecule has 0 radical (unpaired) electrons. The second-order valence-electron chi connectivity index (χ2n) is 6.05. The number of nitrogens with one attached hydrogen (secondary N) is 1. The van der Waals surface area contributed by atoms with E-state index in [-0.39, 0.29) is 17.7 Å². The van der Waals surface area contributed by atoms with Gasteiger partial charge in [-0.15, -0.1) is 0 Å². The summed E-state index contributed by atoms with van der Waals surface area (Å²) < 4.78 is 0. The largest absolute Gasteiger partial charge is 0.355 e. The monoisotopic (exact) mass is 267 g/mol. The van der Waals surface area contributed by atoms with E-state index in [1.165, 1.54) is 6.42 Å². The van der Waals surface area contributed by atoms with Crippen LogP contribution in [0.25, 0.3) is 0 Å². The molecule has 2 saturated heterocycles. The van der Waals surface area contributed by atoms with Crippen LogP contribution in [0.3, 0.4) is 0 Å². The maximum absolute atomic E-state index is 12.2. The molecule has 0 aliphatic carbocycles. The second-order valence-corrected chi connectivity index (χ2v) is 6.05. The minimum atomic E-state index is -0.130. The number of piperazine rings is 1. The summed E-state index contributed by atoms with van der Waals surface area (Å²) in [5.74, 6) is 0.765. The van der Waals surface area contributed by atoms with E-state index in [9.17, 15) is 9.59 Å². The lowest BCUT2D eigenvalue weighted by Crippen LogP contribution is -2.50. The van der Waals surface area contributed by atoms with Gasteiger partial charge in [-0.3, -0.25) is 14.5 Å². The predicted molar refractivity (Wildman–Crippen MR) is 73.6 cm³/mol. The topological polar surface area (TPSA) is 52.6 Å². The molecule has 1 atom stereocenters. The Hall–Kier alpha value is -1.10. The van der Waals surface area contributed by atoms with E-state index in [0.29, 0.717) is 13.0 Å². The number of nitrogens with zero attached hydrogens (tertiary/aromatic N) is 2. The number of amides is 2. The zero-order valence-corrected chi connectivity index (χ0v) is 12.0. The maximum atomic E-state index is 12.2. The van der Waals surface area contributed by atoms with Crippen molar-refractivity contribution in [2.45, 2.75) is 26.7 Å². The third-order valence-electron chi connectivity index (χ3n) is 4.03. The van der Waals surface area contributed by atoms with Crippen LogP contribution in [-0.2, 0) is 9.59 Å². The van der Waals surface area contributed by atoms with Gasteiger partial charge in [0.05, 0.1) is 5.92 Å². The molecule has 1 N–H and O–H groups in total. The predicted octanol–water partition coefficient (Wildman–Crippen LogP) is 0.313. The van der Waals surface area contributed by atoms with Gasteiger partial charge in [0.25, 0.3) is 0 Å². The SMILES string of the molecule is CC(C)CCN1CCN(C(=O)C2CNC(=O)C2)CC1. The maximum Gasteiger partial charge on any atom is 0.228 e. The Balaban J connectivity index is 1.73. The van der Waals surface area contributed by atoms with Gasteiger partial charge >= 0.3 is 0 Å². The zero-order valence-electron chi connectivity index (χ0n) is 12.0. The highest BCUT2D eigenvalue weighted by atomic mass is 16.2. The molecule has 1 unspecified atom stereocenters. The van der Waals surface area contributed by atoms with E-state index >= 15 is 0 Å². The van der Waals surface area contributed by atoms with Crippen LogP contribution in [0.15, 0.2) is 0 Å². The summed E-state index contributed by atoms with van der Waals surface area (Å²) in [6, 6.07) is 0. The Morgan fingerprint density at radius 2 is 2.00 bits per heavy atom. The molecule has 5 nitrogen and oxygen atoms in total. The highest BCUT2D eigenvalue weighted by Crippen LogP contribution is 2.15. The molecule has 0 spiro atoms.